The molecule has 0 saturated heterocycles. The highest BCUT2D eigenvalue weighted by Crippen LogP contribution is 2.18. The lowest BCUT2D eigenvalue weighted by molar-refractivity contribution is -0.139. The summed E-state index contributed by atoms with van der Waals surface area (Å²) in [5.41, 5.74) is 0.493. The van der Waals surface area contributed by atoms with Gasteiger partial charge in [-0.3, -0.25) is 0 Å². The number of carbonyl (C=O) groups is 1. The van der Waals surface area contributed by atoms with Crippen LogP contribution in [-0.4, -0.2) is 12.6 Å². The Kier molecular flexibility index (Phi) is 22.3. The minimum absolute atomic E-state index is 0.253. The molecular formula is C28H54O2. The van der Waals surface area contributed by atoms with Gasteiger partial charge in [0.1, 0.15) is 0 Å². The zero-order valence-electron chi connectivity index (χ0n) is 21.0. The molecule has 1 unspecified atom stereocenters. The molecule has 1 atom stereocenters. The van der Waals surface area contributed by atoms with Gasteiger partial charge in [0.05, 0.1) is 6.61 Å². The first-order chi connectivity index (χ1) is 14.6. The molecule has 0 radical (unpaired) electrons. The molecule has 0 aliphatic rings. The van der Waals surface area contributed by atoms with E-state index < -0.39 is 0 Å². The van der Waals surface area contributed by atoms with E-state index in [9.17, 15) is 4.79 Å². The van der Waals surface area contributed by atoms with Gasteiger partial charge in [0, 0.05) is 5.57 Å². The van der Waals surface area contributed by atoms with Gasteiger partial charge in [-0.05, 0) is 19.3 Å². The van der Waals surface area contributed by atoms with E-state index in [0.29, 0.717) is 12.2 Å². The Hall–Kier alpha value is -0.790. The summed E-state index contributed by atoms with van der Waals surface area (Å²) in [4.78, 5) is 11.3. The average Bonchev–Trinajstić information content (AvgIpc) is 2.73. The first kappa shape index (κ1) is 29.2. The number of rotatable bonds is 23. The highest BCUT2D eigenvalue weighted by molar-refractivity contribution is 5.86. The summed E-state index contributed by atoms with van der Waals surface area (Å²) in [5, 5.41) is 0. The third kappa shape index (κ3) is 21.9. The molecule has 0 aliphatic carbocycles. The van der Waals surface area contributed by atoms with E-state index >= 15 is 0 Å². The van der Waals surface area contributed by atoms with Gasteiger partial charge in [0.2, 0.25) is 0 Å². The third-order valence-corrected chi connectivity index (χ3v) is 6.22. The van der Waals surface area contributed by atoms with Crippen LogP contribution in [0.5, 0.6) is 0 Å². The molecule has 0 heterocycles. The van der Waals surface area contributed by atoms with Gasteiger partial charge in [0.25, 0.3) is 0 Å². The van der Waals surface area contributed by atoms with E-state index in [1.54, 1.807) is 6.92 Å². The number of carbonyl (C=O) groups excluding carboxylic acids is 1. The van der Waals surface area contributed by atoms with Gasteiger partial charge >= 0.3 is 5.97 Å². The van der Waals surface area contributed by atoms with Crippen LogP contribution in [0, 0.1) is 5.92 Å². The van der Waals surface area contributed by atoms with Crippen molar-refractivity contribution in [3.05, 3.63) is 12.2 Å². The second kappa shape index (κ2) is 22.9. The molecule has 2 nitrogen and oxygen atoms in total. The minimum atomic E-state index is -0.253. The molecule has 0 rings (SSSR count). The smallest absolute Gasteiger partial charge is 0.333 e. The fourth-order valence-corrected chi connectivity index (χ4v) is 4.07. The van der Waals surface area contributed by atoms with Crippen molar-refractivity contribution in [2.24, 2.45) is 5.92 Å². The normalized spacial score (nSPS) is 12.1. The predicted octanol–water partition coefficient (Wildman–Crippen LogP) is 9.56. The zero-order valence-corrected chi connectivity index (χ0v) is 21.0. The second-order valence-electron chi connectivity index (χ2n) is 9.61. The van der Waals surface area contributed by atoms with Crippen molar-refractivity contribution in [3.8, 4) is 0 Å². The summed E-state index contributed by atoms with van der Waals surface area (Å²) in [5.74, 6) is 0.611. The standard InChI is InChI=1S/C28H54O2/c1-5-6-7-8-9-10-11-12-13-14-15-16-17-20-23-27(4)24-21-18-19-22-25-30-28(29)26(2)3/h27H,2,5-25H2,1,3-4H3. The van der Waals surface area contributed by atoms with E-state index in [2.05, 4.69) is 20.4 Å². The molecule has 0 bridgehead atoms. The number of unbranched alkanes of at least 4 members (excludes halogenated alkanes) is 16. The van der Waals surface area contributed by atoms with Crippen molar-refractivity contribution < 1.29 is 9.53 Å². The van der Waals surface area contributed by atoms with Crippen molar-refractivity contribution in [1.29, 1.82) is 0 Å². The molecule has 0 spiro atoms. The summed E-state index contributed by atoms with van der Waals surface area (Å²) in [7, 11) is 0. The topological polar surface area (TPSA) is 26.3 Å². The van der Waals surface area contributed by atoms with Crippen LogP contribution in [0.3, 0.4) is 0 Å². The van der Waals surface area contributed by atoms with Gasteiger partial charge in [-0.15, -0.1) is 0 Å². The molecule has 0 N–H and O–H groups in total. The van der Waals surface area contributed by atoms with E-state index in [-0.39, 0.29) is 5.97 Å². The molecule has 0 amide bonds. The quantitative estimate of drug-likeness (QED) is 0.0930. The van der Waals surface area contributed by atoms with Crippen LogP contribution in [0.2, 0.25) is 0 Å². The second-order valence-corrected chi connectivity index (χ2v) is 9.61. The molecular weight excluding hydrogens is 368 g/mol. The Balaban J connectivity index is 3.21. The van der Waals surface area contributed by atoms with Gasteiger partial charge in [-0.1, -0.05) is 142 Å². The van der Waals surface area contributed by atoms with Crippen molar-refractivity contribution in [2.45, 2.75) is 149 Å². The Labute approximate surface area is 189 Å². The van der Waals surface area contributed by atoms with Crippen LogP contribution in [-0.2, 0) is 9.53 Å². The zero-order chi connectivity index (χ0) is 22.3. The van der Waals surface area contributed by atoms with Gasteiger partial charge in [0.15, 0.2) is 0 Å². The number of ether oxygens (including phenoxy) is 1. The maximum absolute atomic E-state index is 11.3. The maximum atomic E-state index is 11.3. The number of hydrogen-bond donors (Lipinski definition) is 0. The summed E-state index contributed by atoms with van der Waals surface area (Å²) in [6.07, 6.45) is 27.6. The summed E-state index contributed by atoms with van der Waals surface area (Å²) >= 11 is 0. The molecule has 0 aromatic heterocycles. The predicted molar refractivity (Wildman–Crippen MR) is 133 cm³/mol. The van der Waals surface area contributed by atoms with Crippen LogP contribution in [0.15, 0.2) is 12.2 Å². The van der Waals surface area contributed by atoms with Crippen molar-refractivity contribution >= 4 is 5.97 Å². The van der Waals surface area contributed by atoms with Crippen molar-refractivity contribution in [3.63, 3.8) is 0 Å². The lowest BCUT2D eigenvalue weighted by Crippen LogP contribution is -2.06. The van der Waals surface area contributed by atoms with Crippen molar-refractivity contribution in [2.75, 3.05) is 6.61 Å². The van der Waals surface area contributed by atoms with Crippen LogP contribution in [0.25, 0.3) is 0 Å². The van der Waals surface area contributed by atoms with Crippen LogP contribution in [0.4, 0.5) is 0 Å². The van der Waals surface area contributed by atoms with Gasteiger partial charge < -0.3 is 4.74 Å². The molecule has 0 fully saturated rings. The lowest BCUT2D eigenvalue weighted by Gasteiger charge is -2.11. The fraction of sp³-hybridized carbons (Fsp3) is 0.893. The van der Waals surface area contributed by atoms with E-state index in [1.165, 1.54) is 116 Å². The number of hydrogen-bond acceptors (Lipinski definition) is 2. The third-order valence-electron chi connectivity index (χ3n) is 6.22. The SMILES string of the molecule is C=C(C)C(=O)OCCCCCCC(C)CCCCCCCCCCCCCCCC. The van der Waals surface area contributed by atoms with Gasteiger partial charge in [-0.2, -0.15) is 0 Å². The molecule has 0 aromatic rings. The largest absolute Gasteiger partial charge is 0.462 e. The highest BCUT2D eigenvalue weighted by Gasteiger charge is 2.04. The summed E-state index contributed by atoms with van der Waals surface area (Å²) in [6.45, 7) is 10.5. The maximum Gasteiger partial charge on any atom is 0.333 e. The van der Waals surface area contributed by atoms with Crippen molar-refractivity contribution in [1.82, 2.24) is 0 Å². The lowest BCUT2D eigenvalue weighted by atomic mass is 9.96. The molecule has 0 aromatic carbocycles. The van der Waals surface area contributed by atoms with E-state index in [1.807, 2.05) is 0 Å². The van der Waals surface area contributed by atoms with Crippen LogP contribution in [0.1, 0.15) is 149 Å². The van der Waals surface area contributed by atoms with Gasteiger partial charge in [-0.25, -0.2) is 4.79 Å². The highest BCUT2D eigenvalue weighted by atomic mass is 16.5. The average molecular weight is 423 g/mol. The van der Waals surface area contributed by atoms with E-state index in [4.69, 9.17) is 4.74 Å². The molecule has 0 aliphatic heterocycles. The Morgan fingerprint density at radius 3 is 1.43 bits per heavy atom. The summed E-state index contributed by atoms with van der Waals surface area (Å²) < 4.78 is 5.13. The van der Waals surface area contributed by atoms with Crippen LogP contribution >= 0.6 is 0 Å². The first-order valence-corrected chi connectivity index (χ1v) is 13.4. The Morgan fingerprint density at radius 1 is 0.667 bits per heavy atom. The van der Waals surface area contributed by atoms with Crippen LogP contribution < -0.4 is 0 Å². The summed E-state index contributed by atoms with van der Waals surface area (Å²) in [6, 6.07) is 0. The Bertz CT molecular complexity index is 388. The molecule has 178 valence electrons. The molecule has 0 saturated carbocycles. The molecule has 2 heteroatoms. The number of esters is 1. The van der Waals surface area contributed by atoms with E-state index in [0.717, 1.165) is 18.8 Å². The Morgan fingerprint density at radius 2 is 1.03 bits per heavy atom. The monoisotopic (exact) mass is 422 g/mol. The fourth-order valence-electron chi connectivity index (χ4n) is 4.07. The molecule has 30 heavy (non-hydrogen) atoms. The minimum Gasteiger partial charge on any atom is -0.462 e. The first-order valence-electron chi connectivity index (χ1n) is 13.4.